The smallest absolute Gasteiger partial charge is 0.405 e. The molecule has 0 aromatic rings. The van der Waals surface area contributed by atoms with Crippen LogP contribution in [-0.4, -0.2) is 41.2 Å². The van der Waals surface area contributed by atoms with Crippen LogP contribution in [0.25, 0.3) is 0 Å². The molecule has 0 heterocycles. The summed E-state index contributed by atoms with van der Waals surface area (Å²) in [5.74, 6) is -4.33. The van der Waals surface area contributed by atoms with E-state index in [1.54, 1.807) is 104 Å². The van der Waals surface area contributed by atoms with Gasteiger partial charge >= 0.3 is 12.3 Å². The Labute approximate surface area is 390 Å². The first-order chi connectivity index (χ1) is 28.7. The summed E-state index contributed by atoms with van der Waals surface area (Å²) in [7, 11) is 0. The number of ether oxygens (including phenoxy) is 5. The van der Waals surface area contributed by atoms with E-state index in [0.717, 1.165) is 0 Å². The molecule has 0 saturated heterocycles. The van der Waals surface area contributed by atoms with Gasteiger partial charge in [0, 0.05) is 29.6 Å². The van der Waals surface area contributed by atoms with Crippen molar-refractivity contribution in [1.29, 1.82) is 0 Å². The Morgan fingerprint density at radius 1 is 0.365 bits per heavy atom. The van der Waals surface area contributed by atoms with Gasteiger partial charge in [-0.25, -0.2) is 0 Å². The predicted molar refractivity (Wildman–Crippen MR) is 269 cm³/mol. The minimum Gasteiger partial charge on any atom is -0.445 e. The van der Waals surface area contributed by atoms with Crippen molar-refractivity contribution in [2.75, 3.05) is 0 Å². The Balaban J connectivity index is -0.000000104. The second-order valence-electron chi connectivity index (χ2n) is 16.7. The molecule has 0 unspecified atom stereocenters. The number of Topliss-reactive ketones (excluding diaryl/α,β-unsaturated/α-hetero) is 5. The Morgan fingerprint density at radius 3 is 0.651 bits per heavy atom. The van der Waals surface area contributed by atoms with Gasteiger partial charge in [0.05, 0.1) is 28.8 Å². The topological polar surface area (TPSA) is 132 Å². The van der Waals surface area contributed by atoms with Crippen LogP contribution in [0.4, 0.5) is 0 Å². The molecular formula is C53H102O10. The van der Waals surface area contributed by atoms with Crippen molar-refractivity contribution >= 4 is 28.9 Å². The summed E-state index contributed by atoms with van der Waals surface area (Å²) in [5, 5.41) is 0. The van der Waals surface area contributed by atoms with E-state index >= 15 is 0 Å². The highest BCUT2D eigenvalue weighted by Crippen LogP contribution is 2.29. The highest BCUT2D eigenvalue weighted by molar-refractivity contribution is 6.20. The SMILES string of the molecule is C=C(C)OC(OC(=C)C)(C(=O)C(C)C)C(=O)C(C)C.C=C(C)OC(OC(=C)C)OC(=C)C.CC(C)C(=O)C(C(=O)C(C)C)C(=O)C(C)C.CCC.CCC.CCC.CCC.CCC. The van der Waals surface area contributed by atoms with E-state index in [-0.39, 0.29) is 46.6 Å². The first-order valence-corrected chi connectivity index (χ1v) is 23.1. The number of hydrogen-bond donors (Lipinski definition) is 0. The van der Waals surface area contributed by atoms with Crippen LogP contribution in [-0.2, 0) is 47.7 Å². The average Bonchev–Trinajstić information content (AvgIpc) is 3.11. The van der Waals surface area contributed by atoms with E-state index in [0.29, 0.717) is 17.3 Å². The zero-order valence-electron chi connectivity index (χ0n) is 45.7. The van der Waals surface area contributed by atoms with Gasteiger partial charge in [0.1, 0.15) is 5.92 Å². The second-order valence-corrected chi connectivity index (χ2v) is 16.7. The molecule has 10 nitrogen and oxygen atoms in total. The molecule has 0 radical (unpaired) electrons. The van der Waals surface area contributed by atoms with Gasteiger partial charge in [0.2, 0.25) is 11.6 Å². The zero-order valence-corrected chi connectivity index (χ0v) is 45.7. The van der Waals surface area contributed by atoms with Gasteiger partial charge in [-0.1, -0.05) is 203 Å². The van der Waals surface area contributed by atoms with Crippen LogP contribution in [0, 0.1) is 35.5 Å². The van der Waals surface area contributed by atoms with E-state index in [2.05, 4.69) is 102 Å². The maximum Gasteiger partial charge on any atom is 0.405 e. The maximum absolute atomic E-state index is 12.4. The van der Waals surface area contributed by atoms with Crippen molar-refractivity contribution in [3.63, 3.8) is 0 Å². The quantitative estimate of drug-likeness (QED) is 0.0661. The summed E-state index contributed by atoms with van der Waals surface area (Å²) in [6, 6.07) is 0. The summed E-state index contributed by atoms with van der Waals surface area (Å²) in [5.41, 5.74) is 0. The lowest BCUT2D eigenvalue weighted by Gasteiger charge is -2.34. The normalized spacial score (nSPS) is 9.71. The molecule has 0 aliphatic rings. The number of carbonyl (C=O) groups excluding carboxylic acids is 5. The molecular weight excluding hydrogens is 797 g/mol. The Kier molecular flexibility index (Phi) is 57.6. The lowest BCUT2D eigenvalue weighted by Crippen LogP contribution is -2.54. The monoisotopic (exact) mass is 899 g/mol. The van der Waals surface area contributed by atoms with Crippen LogP contribution in [0.5, 0.6) is 0 Å². The van der Waals surface area contributed by atoms with Crippen molar-refractivity contribution in [1.82, 2.24) is 0 Å². The Hall–Kier alpha value is -3.95. The fraction of sp³-hybridized carbons (Fsp3) is 0.717. The summed E-state index contributed by atoms with van der Waals surface area (Å²) in [6.07, 6.45) is 6.25. The second kappa shape index (κ2) is 47.5. The van der Waals surface area contributed by atoms with Gasteiger partial charge in [0.25, 0.3) is 0 Å². The van der Waals surface area contributed by atoms with Crippen LogP contribution >= 0.6 is 0 Å². The third-order valence-electron chi connectivity index (χ3n) is 5.79. The number of carbonyl (C=O) groups is 5. The Morgan fingerprint density at radius 2 is 0.540 bits per heavy atom. The molecule has 63 heavy (non-hydrogen) atoms. The maximum atomic E-state index is 12.4. The fourth-order valence-electron chi connectivity index (χ4n) is 3.58. The van der Waals surface area contributed by atoms with E-state index in [9.17, 15) is 24.0 Å². The van der Waals surface area contributed by atoms with Crippen LogP contribution in [0.2, 0.25) is 0 Å². The van der Waals surface area contributed by atoms with Crippen LogP contribution < -0.4 is 0 Å². The zero-order chi connectivity index (χ0) is 52.4. The van der Waals surface area contributed by atoms with E-state index in [1.165, 1.54) is 32.1 Å². The molecule has 0 atom stereocenters. The largest absolute Gasteiger partial charge is 0.445 e. The lowest BCUT2D eigenvalue weighted by molar-refractivity contribution is -0.233. The van der Waals surface area contributed by atoms with Gasteiger partial charge in [-0.15, -0.1) is 0 Å². The van der Waals surface area contributed by atoms with Crippen molar-refractivity contribution < 1.29 is 47.7 Å². The van der Waals surface area contributed by atoms with Gasteiger partial charge in [-0.2, -0.15) is 0 Å². The first kappa shape index (κ1) is 76.4. The van der Waals surface area contributed by atoms with E-state index in [4.69, 9.17) is 23.7 Å². The molecule has 0 bridgehead atoms. The third kappa shape index (κ3) is 47.4. The summed E-state index contributed by atoms with van der Waals surface area (Å²) < 4.78 is 26.2. The average molecular weight is 899 g/mol. The molecule has 374 valence electrons. The van der Waals surface area contributed by atoms with Gasteiger partial charge in [0.15, 0.2) is 17.3 Å². The molecule has 0 N–H and O–H groups in total. The molecule has 0 aromatic heterocycles. The van der Waals surface area contributed by atoms with Gasteiger partial charge < -0.3 is 23.7 Å². The van der Waals surface area contributed by atoms with Crippen LogP contribution in [0.3, 0.4) is 0 Å². The van der Waals surface area contributed by atoms with Crippen molar-refractivity contribution in [3.05, 3.63) is 61.7 Å². The minimum atomic E-state index is -1.97. The number of ketones is 5. The predicted octanol–water partition coefficient (Wildman–Crippen LogP) is 15.5. The van der Waals surface area contributed by atoms with Crippen LogP contribution in [0.15, 0.2) is 61.7 Å². The van der Waals surface area contributed by atoms with Crippen LogP contribution in [0.1, 0.15) is 205 Å². The molecule has 0 rings (SSSR count). The molecule has 0 aliphatic carbocycles. The molecule has 0 fully saturated rings. The molecule has 0 spiro atoms. The van der Waals surface area contributed by atoms with Crippen molar-refractivity contribution in [2.24, 2.45) is 35.5 Å². The summed E-state index contributed by atoms with van der Waals surface area (Å²) >= 11 is 0. The number of allylic oxidation sites excluding steroid dienone is 5. The molecule has 0 amide bonds. The Bertz CT molecular complexity index is 1130. The first-order valence-electron chi connectivity index (χ1n) is 23.1. The highest BCUT2D eigenvalue weighted by Gasteiger charge is 2.52. The van der Waals surface area contributed by atoms with Gasteiger partial charge in [-0.05, 0) is 34.6 Å². The molecule has 0 saturated carbocycles. The molecule has 0 aliphatic heterocycles. The minimum absolute atomic E-state index is 0.240. The third-order valence-corrected chi connectivity index (χ3v) is 5.79. The number of rotatable bonds is 20. The van der Waals surface area contributed by atoms with Crippen molar-refractivity contribution in [3.8, 4) is 0 Å². The van der Waals surface area contributed by atoms with Gasteiger partial charge in [-0.3, -0.25) is 24.0 Å². The lowest BCUT2D eigenvalue weighted by atomic mass is 9.80. The number of hydrogen-bond acceptors (Lipinski definition) is 10. The van der Waals surface area contributed by atoms with E-state index < -0.39 is 41.6 Å². The highest BCUT2D eigenvalue weighted by atomic mass is 16.8. The molecule has 10 heteroatoms. The fourth-order valence-corrected chi connectivity index (χ4v) is 3.58. The standard InChI is InChI=1S/C15H24O4.C13H22O3.C10H16O3.5C3H8/c1-9(2)13(16)15(18-11(5)6,19-12(7)8)14(17)10(3)4;1-7(2)11(14)10(12(15)8(3)4)13(16)9(5)6;1-7(2)11-10(12-8(3)4)13-9(5)6;5*1-3-2/h9-10H,5,7H2,1-4,6,8H3;7-10H,1-6H3;10H,1,3,5H2,2,4,6H3;5*3H2,1-2H3. The summed E-state index contributed by atoms with van der Waals surface area (Å²) in [4.78, 5) is 60.5. The van der Waals surface area contributed by atoms with Crippen molar-refractivity contribution in [2.45, 2.75) is 217 Å². The summed E-state index contributed by atoms with van der Waals surface area (Å²) in [6.45, 7) is 63.6. The molecule has 0 aromatic carbocycles. The van der Waals surface area contributed by atoms with E-state index in [1.807, 2.05) is 0 Å².